The van der Waals surface area contributed by atoms with Gasteiger partial charge in [0.15, 0.2) is 11.6 Å². The largest absolute Gasteiger partial charge is 0.434 e. The fourth-order valence-corrected chi connectivity index (χ4v) is 4.35. The second kappa shape index (κ2) is 9.22. The number of alkyl halides is 2. The molecule has 1 unspecified atom stereocenters. The van der Waals surface area contributed by atoms with E-state index in [9.17, 15) is 22.4 Å². The molecule has 0 spiro atoms. The molecule has 4 rings (SSSR count). The lowest BCUT2D eigenvalue weighted by Gasteiger charge is -2.23. The summed E-state index contributed by atoms with van der Waals surface area (Å²) >= 11 is 7.06. The van der Waals surface area contributed by atoms with Gasteiger partial charge in [0.25, 0.3) is 5.91 Å². The Morgan fingerprint density at radius 3 is 2.44 bits per heavy atom. The Balaban J connectivity index is 1.77. The smallest absolute Gasteiger partial charge is 0.387 e. The summed E-state index contributed by atoms with van der Waals surface area (Å²) < 4.78 is 57.6. The van der Waals surface area contributed by atoms with E-state index in [2.05, 4.69) is 9.84 Å². The Morgan fingerprint density at radius 2 is 1.75 bits per heavy atom. The maximum atomic E-state index is 13.7. The number of ether oxygens (including phenoxy) is 1. The van der Waals surface area contributed by atoms with E-state index in [0.29, 0.717) is 15.6 Å². The zero-order chi connectivity index (χ0) is 22.8. The van der Waals surface area contributed by atoms with E-state index in [1.54, 1.807) is 30.3 Å². The van der Waals surface area contributed by atoms with Gasteiger partial charge in [-0.25, -0.2) is 13.8 Å². The molecule has 1 aliphatic heterocycles. The molecule has 3 aromatic rings. The molecular weight excluding hydrogens is 468 g/mol. The Hall–Kier alpha value is -3.04. The Kier molecular flexibility index (Phi) is 6.38. The minimum Gasteiger partial charge on any atom is -0.434 e. The first-order valence-electron chi connectivity index (χ1n) is 9.17. The van der Waals surface area contributed by atoms with Gasteiger partial charge >= 0.3 is 6.61 Å². The first-order chi connectivity index (χ1) is 15.3. The molecule has 0 fully saturated rings. The Bertz CT molecular complexity index is 1190. The summed E-state index contributed by atoms with van der Waals surface area (Å²) in [5.74, 6) is -3.16. The highest BCUT2D eigenvalue weighted by Gasteiger charge is 2.36. The van der Waals surface area contributed by atoms with Crippen molar-refractivity contribution in [2.75, 3.05) is 0 Å². The highest BCUT2D eigenvalue weighted by atomic mass is 35.5. The van der Waals surface area contributed by atoms with Crippen molar-refractivity contribution in [3.8, 4) is 5.75 Å². The van der Waals surface area contributed by atoms with Gasteiger partial charge in [0.1, 0.15) is 16.2 Å². The number of halogens is 5. The molecule has 0 N–H and O–H groups in total. The maximum Gasteiger partial charge on any atom is 0.387 e. The number of thioether (sulfide) groups is 1. The van der Waals surface area contributed by atoms with Gasteiger partial charge in [-0.15, -0.1) is 0 Å². The van der Waals surface area contributed by atoms with Gasteiger partial charge in [0.05, 0.1) is 0 Å². The van der Waals surface area contributed by atoms with Crippen LogP contribution in [0.15, 0.2) is 71.8 Å². The Labute approximate surface area is 189 Å². The van der Waals surface area contributed by atoms with Crippen molar-refractivity contribution < 1.29 is 27.1 Å². The van der Waals surface area contributed by atoms with Gasteiger partial charge in [-0.2, -0.15) is 13.9 Å². The van der Waals surface area contributed by atoms with Gasteiger partial charge in [0, 0.05) is 21.7 Å². The molecule has 0 radical (unpaired) electrons. The standard InChI is InChI=1S/C22H13ClF4N2O2S/c23-14-8-5-12(6-9-14)19-28-29(20(30)13-7-10-16(24)17(25)11-13)21(32-19)15-3-1-2-4-18(15)31-22(26)27/h1-11,21-22H. The van der Waals surface area contributed by atoms with Crippen LogP contribution in [0.4, 0.5) is 17.6 Å². The van der Waals surface area contributed by atoms with Gasteiger partial charge in [0.2, 0.25) is 0 Å². The average molecular weight is 481 g/mol. The molecule has 0 bridgehead atoms. The monoisotopic (exact) mass is 480 g/mol. The van der Waals surface area contributed by atoms with E-state index in [1.165, 1.54) is 18.2 Å². The summed E-state index contributed by atoms with van der Waals surface area (Å²) in [5.41, 5.74) is 0.751. The molecule has 10 heteroatoms. The van der Waals surface area contributed by atoms with Gasteiger partial charge in [-0.05, 0) is 36.4 Å². The molecule has 0 saturated heterocycles. The Morgan fingerprint density at radius 1 is 1.03 bits per heavy atom. The van der Waals surface area contributed by atoms with Crippen LogP contribution >= 0.6 is 23.4 Å². The molecule has 0 saturated carbocycles. The molecule has 0 aliphatic carbocycles. The molecular formula is C22H13ClF4N2O2S. The summed E-state index contributed by atoms with van der Waals surface area (Å²) in [5, 5.41) is 5.41. The van der Waals surface area contributed by atoms with Crippen LogP contribution in [0.25, 0.3) is 0 Å². The lowest BCUT2D eigenvalue weighted by molar-refractivity contribution is -0.0507. The van der Waals surface area contributed by atoms with Crippen molar-refractivity contribution in [1.82, 2.24) is 5.01 Å². The van der Waals surface area contributed by atoms with Crippen molar-refractivity contribution in [3.05, 3.63) is 100 Å². The van der Waals surface area contributed by atoms with E-state index in [4.69, 9.17) is 11.6 Å². The van der Waals surface area contributed by atoms with Crippen molar-refractivity contribution in [2.24, 2.45) is 5.10 Å². The van der Waals surface area contributed by atoms with Crippen molar-refractivity contribution in [3.63, 3.8) is 0 Å². The second-order valence-electron chi connectivity index (χ2n) is 6.58. The van der Waals surface area contributed by atoms with E-state index in [0.717, 1.165) is 35.0 Å². The highest BCUT2D eigenvalue weighted by Crippen LogP contribution is 2.45. The molecule has 0 aromatic heterocycles. The fraction of sp³-hybridized carbons (Fsp3) is 0.0909. The number of rotatable bonds is 5. The van der Waals surface area contributed by atoms with Gasteiger partial charge < -0.3 is 4.74 Å². The highest BCUT2D eigenvalue weighted by molar-refractivity contribution is 8.14. The van der Waals surface area contributed by atoms with Crippen LogP contribution in [0.1, 0.15) is 26.9 Å². The molecule has 32 heavy (non-hydrogen) atoms. The fourth-order valence-electron chi connectivity index (χ4n) is 3.04. The number of benzene rings is 3. The quantitative estimate of drug-likeness (QED) is 0.393. The minimum absolute atomic E-state index is 0.129. The van der Waals surface area contributed by atoms with Crippen molar-refractivity contribution >= 4 is 34.3 Å². The van der Waals surface area contributed by atoms with Gasteiger partial charge in [-0.1, -0.05) is 53.7 Å². The van der Waals surface area contributed by atoms with Gasteiger partial charge in [-0.3, -0.25) is 4.79 Å². The minimum atomic E-state index is -3.07. The molecule has 164 valence electrons. The number of hydrogen-bond donors (Lipinski definition) is 0. The van der Waals surface area contributed by atoms with Crippen molar-refractivity contribution in [2.45, 2.75) is 12.0 Å². The molecule has 1 aliphatic rings. The molecule has 1 amide bonds. The van der Waals surface area contributed by atoms with E-state index < -0.39 is 29.5 Å². The van der Waals surface area contributed by atoms with Crippen LogP contribution < -0.4 is 4.74 Å². The number of carbonyl (C=O) groups is 1. The zero-order valence-electron chi connectivity index (χ0n) is 16.0. The summed E-state index contributed by atoms with van der Waals surface area (Å²) in [4.78, 5) is 13.2. The van der Waals surface area contributed by atoms with E-state index >= 15 is 0 Å². The molecule has 3 aromatic carbocycles. The number of hydrogen-bond acceptors (Lipinski definition) is 4. The SMILES string of the molecule is O=C(c1ccc(F)c(F)c1)N1N=C(c2ccc(Cl)cc2)SC1c1ccccc1OC(F)F. The lowest BCUT2D eigenvalue weighted by Crippen LogP contribution is -2.26. The summed E-state index contributed by atoms with van der Waals surface area (Å²) in [6.07, 6.45) is 0. The lowest BCUT2D eigenvalue weighted by atomic mass is 10.1. The third-order valence-corrected chi connectivity index (χ3v) is 5.98. The molecule has 1 heterocycles. The topological polar surface area (TPSA) is 41.9 Å². The van der Waals surface area contributed by atoms with Crippen molar-refractivity contribution in [1.29, 1.82) is 0 Å². The predicted molar refractivity (Wildman–Crippen MR) is 114 cm³/mol. The second-order valence-corrected chi connectivity index (χ2v) is 8.08. The third-order valence-electron chi connectivity index (χ3n) is 4.51. The average Bonchev–Trinajstić information content (AvgIpc) is 3.21. The van der Waals surface area contributed by atoms with Crippen LogP contribution in [0.5, 0.6) is 5.75 Å². The van der Waals surface area contributed by atoms with Crippen LogP contribution in [-0.4, -0.2) is 22.6 Å². The number of para-hydroxylation sites is 1. The van der Waals surface area contributed by atoms with Crippen LogP contribution in [0.2, 0.25) is 5.02 Å². The normalized spacial score (nSPS) is 15.8. The third kappa shape index (κ3) is 4.58. The number of hydrazone groups is 1. The van der Waals surface area contributed by atoms with Crippen LogP contribution in [0, 0.1) is 11.6 Å². The molecule has 4 nitrogen and oxygen atoms in total. The summed E-state index contributed by atoms with van der Waals surface area (Å²) in [6, 6.07) is 15.4. The molecule has 1 atom stereocenters. The van der Waals surface area contributed by atoms with Crippen LogP contribution in [0.3, 0.4) is 0 Å². The van der Waals surface area contributed by atoms with E-state index in [1.807, 2.05) is 0 Å². The van der Waals surface area contributed by atoms with E-state index in [-0.39, 0.29) is 16.9 Å². The summed E-state index contributed by atoms with van der Waals surface area (Å²) in [7, 11) is 0. The maximum absolute atomic E-state index is 13.7. The first-order valence-corrected chi connectivity index (χ1v) is 10.4. The van der Waals surface area contributed by atoms with Crippen LogP contribution in [-0.2, 0) is 0 Å². The number of carbonyl (C=O) groups excluding carboxylic acids is 1. The zero-order valence-corrected chi connectivity index (χ0v) is 17.6. The number of nitrogens with zero attached hydrogens (tertiary/aromatic N) is 2. The summed E-state index contributed by atoms with van der Waals surface area (Å²) in [6.45, 7) is -3.07. The number of amides is 1. The predicted octanol–water partition coefficient (Wildman–Crippen LogP) is 6.47. The first kappa shape index (κ1) is 22.2.